The number of morpholine rings is 1. The first-order valence-corrected chi connectivity index (χ1v) is 7.00. The SMILES string of the molecule is CNCCCC(=O)N1CCOC(c2ccccc2F)C1.Cl. The van der Waals surface area contributed by atoms with Gasteiger partial charge < -0.3 is 15.0 Å². The molecule has 1 N–H and O–H groups in total. The van der Waals surface area contributed by atoms with Gasteiger partial charge in [-0.3, -0.25) is 4.79 Å². The molecule has 6 heteroatoms. The van der Waals surface area contributed by atoms with Crippen molar-refractivity contribution in [3.8, 4) is 0 Å². The topological polar surface area (TPSA) is 41.6 Å². The molecular weight excluding hydrogens is 295 g/mol. The average molecular weight is 317 g/mol. The number of hydrogen-bond donors (Lipinski definition) is 1. The van der Waals surface area contributed by atoms with Gasteiger partial charge in [0.2, 0.25) is 5.91 Å². The van der Waals surface area contributed by atoms with Crippen LogP contribution in [0.25, 0.3) is 0 Å². The van der Waals surface area contributed by atoms with Gasteiger partial charge >= 0.3 is 0 Å². The molecule has 1 fully saturated rings. The summed E-state index contributed by atoms with van der Waals surface area (Å²) in [5, 5.41) is 3.02. The largest absolute Gasteiger partial charge is 0.370 e. The second-order valence-electron chi connectivity index (χ2n) is 4.93. The maximum absolute atomic E-state index is 13.8. The van der Waals surface area contributed by atoms with Crippen molar-refractivity contribution in [2.45, 2.75) is 18.9 Å². The number of hydrogen-bond acceptors (Lipinski definition) is 3. The smallest absolute Gasteiger partial charge is 0.222 e. The highest BCUT2D eigenvalue weighted by molar-refractivity contribution is 5.85. The van der Waals surface area contributed by atoms with Crippen molar-refractivity contribution in [3.05, 3.63) is 35.6 Å². The Labute approximate surface area is 131 Å². The van der Waals surface area contributed by atoms with E-state index in [0.29, 0.717) is 31.7 Å². The predicted molar refractivity (Wildman–Crippen MR) is 82.1 cm³/mol. The summed E-state index contributed by atoms with van der Waals surface area (Å²) in [5.41, 5.74) is 0.528. The molecule has 0 aliphatic carbocycles. The molecule has 1 saturated heterocycles. The number of carbonyl (C=O) groups is 1. The first kappa shape index (κ1) is 17.9. The Balaban J connectivity index is 0.00000220. The molecule has 1 aromatic rings. The molecule has 21 heavy (non-hydrogen) atoms. The predicted octanol–water partition coefficient (Wildman–Crippen LogP) is 2.15. The Bertz CT molecular complexity index is 459. The van der Waals surface area contributed by atoms with Crippen molar-refractivity contribution in [2.24, 2.45) is 0 Å². The third kappa shape index (κ3) is 4.95. The molecule has 1 heterocycles. The van der Waals surface area contributed by atoms with Crippen LogP contribution in [0.15, 0.2) is 24.3 Å². The van der Waals surface area contributed by atoms with Gasteiger partial charge in [-0.1, -0.05) is 18.2 Å². The molecule has 4 nitrogen and oxygen atoms in total. The minimum Gasteiger partial charge on any atom is -0.370 e. The van der Waals surface area contributed by atoms with Crippen LogP contribution in [-0.2, 0) is 9.53 Å². The van der Waals surface area contributed by atoms with Crippen LogP contribution in [0.4, 0.5) is 4.39 Å². The summed E-state index contributed by atoms with van der Waals surface area (Å²) in [6, 6.07) is 6.58. The van der Waals surface area contributed by atoms with E-state index in [4.69, 9.17) is 4.74 Å². The van der Waals surface area contributed by atoms with Gasteiger partial charge in [-0.2, -0.15) is 0 Å². The lowest BCUT2D eigenvalue weighted by Crippen LogP contribution is -2.42. The Hall–Kier alpha value is -1.17. The van der Waals surface area contributed by atoms with Crippen LogP contribution in [0.3, 0.4) is 0 Å². The molecule has 0 bridgehead atoms. The van der Waals surface area contributed by atoms with Crippen LogP contribution in [0.5, 0.6) is 0 Å². The number of nitrogens with zero attached hydrogens (tertiary/aromatic N) is 1. The van der Waals surface area contributed by atoms with Gasteiger partial charge in [0.15, 0.2) is 0 Å². The summed E-state index contributed by atoms with van der Waals surface area (Å²) in [6.45, 7) is 2.30. The summed E-state index contributed by atoms with van der Waals surface area (Å²) in [7, 11) is 1.87. The van der Waals surface area contributed by atoms with Crippen molar-refractivity contribution in [3.63, 3.8) is 0 Å². The van der Waals surface area contributed by atoms with Crippen LogP contribution in [0.1, 0.15) is 24.5 Å². The first-order valence-electron chi connectivity index (χ1n) is 7.00. The summed E-state index contributed by atoms with van der Waals surface area (Å²) in [6.07, 6.45) is 0.972. The fourth-order valence-corrected chi connectivity index (χ4v) is 2.37. The summed E-state index contributed by atoms with van der Waals surface area (Å²) in [4.78, 5) is 13.9. The Morgan fingerprint density at radius 3 is 2.95 bits per heavy atom. The van der Waals surface area contributed by atoms with Crippen molar-refractivity contribution in [1.82, 2.24) is 10.2 Å². The molecule has 118 valence electrons. The molecule has 0 aromatic heterocycles. The third-order valence-electron chi connectivity index (χ3n) is 3.49. The Morgan fingerprint density at radius 1 is 1.48 bits per heavy atom. The van der Waals surface area contributed by atoms with Crippen molar-refractivity contribution in [1.29, 1.82) is 0 Å². The van der Waals surface area contributed by atoms with E-state index < -0.39 is 0 Å². The van der Waals surface area contributed by atoms with Crippen molar-refractivity contribution >= 4 is 18.3 Å². The molecule has 1 aliphatic heterocycles. The lowest BCUT2D eigenvalue weighted by atomic mass is 10.1. The summed E-state index contributed by atoms with van der Waals surface area (Å²) >= 11 is 0. The second-order valence-corrected chi connectivity index (χ2v) is 4.93. The van der Waals surface area contributed by atoms with Crippen molar-refractivity contribution < 1.29 is 13.9 Å². The quantitative estimate of drug-likeness (QED) is 0.846. The normalized spacial score (nSPS) is 18.2. The van der Waals surface area contributed by atoms with E-state index in [2.05, 4.69) is 5.32 Å². The van der Waals surface area contributed by atoms with Gasteiger partial charge in [0.1, 0.15) is 11.9 Å². The van der Waals surface area contributed by atoms with Crippen LogP contribution in [0, 0.1) is 5.82 Å². The van der Waals surface area contributed by atoms with E-state index in [-0.39, 0.29) is 30.2 Å². The number of benzene rings is 1. The highest BCUT2D eigenvalue weighted by Crippen LogP contribution is 2.24. The van der Waals surface area contributed by atoms with Gasteiger partial charge in [0.25, 0.3) is 0 Å². The number of amides is 1. The van der Waals surface area contributed by atoms with Gasteiger partial charge in [0.05, 0.1) is 13.2 Å². The molecule has 0 radical (unpaired) electrons. The number of ether oxygens (including phenoxy) is 1. The lowest BCUT2D eigenvalue weighted by molar-refractivity contribution is -0.139. The average Bonchev–Trinajstić information content (AvgIpc) is 2.48. The summed E-state index contributed by atoms with van der Waals surface area (Å²) < 4.78 is 19.4. The molecule has 2 rings (SSSR count). The molecule has 1 amide bonds. The van der Waals surface area contributed by atoms with E-state index in [1.165, 1.54) is 6.07 Å². The van der Waals surface area contributed by atoms with E-state index in [1.807, 2.05) is 7.05 Å². The fourth-order valence-electron chi connectivity index (χ4n) is 2.37. The molecule has 1 aromatic carbocycles. The minimum absolute atomic E-state index is 0. The Morgan fingerprint density at radius 2 is 2.24 bits per heavy atom. The van der Waals surface area contributed by atoms with Gasteiger partial charge in [-0.25, -0.2) is 4.39 Å². The third-order valence-corrected chi connectivity index (χ3v) is 3.49. The van der Waals surface area contributed by atoms with Crippen LogP contribution >= 0.6 is 12.4 Å². The van der Waals surface area contributed by atoms with Crippen LogP contribution in [0.2, 0.25) is 0 Å². The molecule has 1 atom stereocenters. The van der Waals surface area contributed by atoms with Crippen LogP contribution < -0.4 is 5.32 Å². The lowest BCUT2D eigenvalue weighted by Gasteiger charge is -2.33. The maximum atomic E-state index is 13.8. The molecule has 1 unspecified atom stereocenters. The minimum atomic E-state index is -0.363. The van der Waals surface area contributed by atoms with Gasteiger partial charge in [0, 0.05) is 18.5 Å². The zero-order chi connectivity index (χ0) is 14.4. The zero-order valence-corrected chi connectivity index (χ0v) is 13.0. The number of carbonyl (C=O) groups excluding carboxylic acids is 1. The fraction of sp³-hybridized carbons (Fsp3) is 0.533. The van der Waals surface area contributed by atoms with Gasteiger partial charge in [-0.15, -0.1) is 12.4 Å². The highest BCUT2D eigenvalue weighted by Gasteiger charge is 2.26. The Kier molecular flexibility index (Phi) is 7.64. The van der Waals surface area contributed by atoms with Gasteiger partial charge in [-0.05, 0) is 26.1 Å². The molecular formula is C15H22ClFN2O2. The zero-order valence-electron chi connectivity index (χ0n) is 12.2. The number of nitrogens with one attached hydrogen (secondary N) is 1. The van der Waals surface area contributed by atoms with E-state index in [9.17, 15) is 9.18 Å². The maximum Gasteiger partial charge on any atom is 0.222 e. The summed E-state index contributed by atoms with van der Waals surface area (Å²) in [5.74, 6) is -0.160. The van der Waals surface area contributed by atoms with Crippen molar-refractivity contribution in [2.75, 3.05) is 33.3 Å². The highest BCUT2D eigenvalue weighted by atomic mass is 35.5. The first-order chi connectivity index (χ1) is 9.72. The monoisotopic (exact) mass is 316 g/mol. The molecule has 0 spiro atoms. The van der Waals surface area contributed by atoms with E-state index >= 15 is 0 Å². The standard InChI is InChI=1S/C15H21FN2O2.ClH/c1-17-8-4-7-15(19)18-9-10-20-14(11-18)12-5-2-3-6-13(12)16;/h2-3,5-6,14,17H,4,7-11H2,1H3;1H. The second kappa shape index (κ2) is 8.97. The van der Waals surface area contributed by atoms with E-state index in [0.717, 1.165) is 13.0 Å². The number of rotatable bonds is 5. The van der Waals surface area contributed by atoms with Crippen LogP contribution in [-0.4, -0.2) is 44.1 Å². The van der Waals surface area contributed by atoms with E-state index in [1.54, 1.807) is 23.1 Å². The molecule has 0 saturated carbocycles. The number of halogens is 2. The molecule has 1 aliphatic rings.